The summed E-state index contributed by atoms with van der Waals surface area (Å²) in [5.74, 6) is 0. The third-order valence-electron chi connectivity index (χ3n) is 9.97. The molecule has 5 heterocycles. The van der Waals surface area contributed by atoms with Crippen LogP contribution >= 0.6 is 0 Å². The minimum absolute atomic E-state index is 0. The maximum atomic E-state index is 5.37. The number of aromatic nitrogens is 4. The molecule has 8 bridgehead atoms. The van der Waals surface area contributed by atoms with E-state index in [1.54, 1.807) is 0 Å². The third-order valence-corrected chi connectivity index (χ3v) is 9.97. The molecule has 0 atom stereocenters. The Morgan fingerprint density at radius 2 is 0.509 bits per heavy atom. The second kappa shape index (κ2) is 13.9. The number of nitrogens with zero attached hydrogens (tertiary/aromatic N) is 4. The first-order chi connectivity index (χ1) is 25.4. The maximum absolute atomic E-state index is 5.37. The first-order valence-corrected chi connectivity index (χ1v) is 17.7. The molecule has 0 spiro atoms. The van der Waals surface area contributed by atoms with Crippen molar-refractivity contribution in [3.8, 4) is 44.5 Å². The Balaban J connectivity index is 0.00000400. The van der Waals surface area contributed by atoms with E-state index in [9.17, 15) is 0 Å². The molecule has 0 N–H and O–H groups in total. The molecule has 0 aliphatic carbocycles. The minimum atomic E-state index is 0. The van der Waals surface area contributed by atoms with Crippen LogP contribution < -0.4 is 9.97 Å². The predicted molar refractivity (Wildman–Crippen MR) is 217 cm³/mol. The number of benzene rings is 4. The van der Waals surface area contributed by atoms with E-state index in [4.69, 9.17) is 19.9 Å². The Labute approximate surface area is 323 Å². The molecule has 256 valence electrons. The first kappa shape index (κ1) is 34.2. The molecule has 0 fully saturated rings. The van der Waals surface area contributed by atoms with Gasteiger partial charge in [0.1, 0.15) is 0 Å². The van der Waals surface area contributed by atoms with Crippen LogP contribution in [0.25, 0.3) is 90.9 Å². The standard InChI is InChI=1S/C48H36N4.Os/c1-29-5-13-33(14-6-29)45-37-21-23-39(49-37)46(34-15-7-30(2)8-16-34)41-25-27-43(51-41)48(36-19-11-32(4)12-20-36)44-28-26-42(52-44)47(40-24-22-38(45)50-40)35-17-9-31(3)10-18-35;/h5-28H,1-4H3;/q-2;+2. The summed E-state index contributed by atoms with van der Waals surface area (Å²) in [7, 11) is 0. The largest absolute Gasteiger partial charge is 2.00 e. The van der Waals surface area contributed by atoms with Gasteiger partial charge in [-0.1, -0.05) is 144 Å². The molecular weight excluding hydrogens is 823 g/mol. The van der Waals surface area contributed by atoms with Gasteiger partial charge in [-0.05, 0) is 96.5 Å². The third kappa shape index (κ3) is 6.43. The fourth-order valence-corrected chi connectivity index (χ4v) is 7.15. The molecule has 0 saturated carbocycles. The topological polar surface area (TPSA) is 54.0 Å². The zero-order valence-corrected chi connectivity index (χ0v) is 32.5. The molecule has 4 aromatic carbocycles. The van der Waals surface area contributed by atoms with E-state index in [1.807, 2.05) is 0 Å². The van der Waals surface area contributed by atoms with Crippen molar-refractivity contribution in [3.05, 3.63) is 166 Å². The SMILES string of the molecule is Cc1ccc(-c2c3nc(c(-c4ccc(C)cc4)c4ccc([n-]4)c(-c4ccc(C)cc4)c4nc(c(-c5ccc(C)cc5)c5ccc2[n-]5)C=C4)C=C3)cc1.[Os+2]. The number of fused-ring (bicyclic) bond motifs is 8. The van der Waals surface area contributed by atoms with E-state index in [0.717, 1.165) is 89.4 Å². The van der Waals surface area contributed by atoms with Crippen molar-refractivity contribution in [3.63, 3.8) is 0 Å². The van der Waals surface area contributed by atoms with E-state index in [2.05, 4.69) is 173 Å². The molecule has 0 radical (unpaired) electrons. The van der Waals surface area contributed by atoms with E-state index in [1.165, 1.54) is 22.3 Å². The van der Waals surface area contributed by atoms with Crippen LogP contribution in [0.5, 0.6) is 0 Å². The molecule has 0 saturated heterocycles. The van der Waals surface area contributed by atoms with Crippen LogP contribution in [0.15, 0.2) is 121 Å². The molecule has 0 amide bonds. The summed E-state index contributed by atoms with van der Waals surface area (Å²) >= 11 is 0. The van der Waals surface area contributed by atoms with Gasteiger partial charge in [-0.15, -0.1) is 22.1 Å². The molecule has 4 nitrogen and oxygen atoms in total. The van der Waals surface area contributed by atoms with Crippen LogP contribution in [-0.2, 0) is 19.8 Å². The van der Waals surface area contributed by atoms with Crippen molar-refractivity contribution in [2.24, 2.45) is 0 Å². The molecule has 2 aliphatic rings. The molecular formula is C48H36N4Os. The van der Waals surface area contributed by atoms with Crippen molar-refractivity contribution in [2.45, 2.75) is 27.7 Å². The van der Waals surface area contributed by atoms with Gasteiger partial charge < -0.3 is 9.97 Å². The quantitative estimate of drug-likeness (QED) is 0.177. The van der Waals surface area contributed by atoms with E-state index in [0.29, 0.717) is 0 Å². The average molecular weight is 859 g/mol. The molecule has 53 heavy (non-hydrogen) atoms. The van der Waals surface area contributed by atoms with Gasteiger partial charge in [0.2, 0.25) is 0 Å². The second-order valence-electron chi connectivity index (χ2n) is 13.8. The monoisotopic (exact) mass is 860 g/mol. The van der Waals surface area contributed by atoms with Crippen LogP contribution in [0.3, 0.4) is 0 Å². The molecule has 7 aromatic rings. The maximum Gasteiger partial charge on any atom is 2.00 e. The zero-order valence-electron chi connectivity index (χ0n) is 30.0. The van der Waals surface area contributed by atoms with Crippen molar-refractivity contribution in [1.29, 1.82) is 0 Å². The van der Waals surface area contributed by atoms with Gasteiger partial charge >= 0.3 is 19.8 Å². The van der Waals surface area contributed by atoms with Crippen molar-refractivity contribution in [2.75, 3.05) is 0 Å². The first-order valence-electron chi connectivity index (χ1n) is 17.7. The predicted octanol–water partition coefficient (Wildman–Crippen LogP) is 11.8. The summed E-state index contributed by atoms with van der Waals surface area (Å²) in [6, 6.07) is 43.0. The molecule has 2 aliphatic heterocycles. The molecule has 9 rings (SSSR count). The molecule has 3 aromatic heterocycles. The fourth-order valence-electron chi connectivity index (χ4n) is 7.15. The number of hydrogen-bond donors (Lipinski definition) is 0. The summed E-state index contributed by atoms with van der Waals surface area (Å²) in [4.78, 5) is 21.5. The summed E-state index contributed by atoms with van der Waals surface area (Å²) in [5.41, 5.74) is 19.9. The Hall–Kier alpha value is -5.88. The Morgan fingerprint density at radius 1 is 0.302 bits per heavy atom. The smallest absolute Gasteiger partial charge is 0.657 e. The summed E-state index contributed by atoms with van der Waals surface area (Å²) in [6.07, 6.45) is 8.48. The van der Waals surface area contributed by atoms with Gasteiger partial charge in [0, 0.05) is 0 Å². The normalized spacial score (nSPS) is 11.8. The summed E-state index contributed by atoms with van der Waals surface area (Å²) in [6.45, 7) is 8.45. The van der Waals surface area contributed by atoms with Gasteiger partial charge in [-0.3, -0.25) is 0 Å². The van der Waals surface area contributed by atoms with Crippen LogP contribution in [0.2, 0.25) is 0 Å². The van der Waals surface area contributed by atoms with Crippen LogP contribution in [0.4, 0.5) is 0 Å². The Kier molecular flexibility index (Phi) is 8.99. The Bertz CT molecular complexity index is 2350. The van der Waals surface area contributed by atoms with Crippen molar-refractivity contribution in [1.82, 2.24) is 19.9 Å². The number of aryl methyl sites for hydroxylation is 4. The fraction of sp³-hybridized carbons (Fsp3) is 0.0833. The van der Waals surface area contributed by atoms with E-state index >= 15 is 0 Å². The zero-order chi connectivity index (χ0) is 35.3. The summed E-state index contributed by atoms with van der Waals surface area (Å²) in [5, 5.41) is 0. The molecule has 0 unspecified atom stereocenters. The van der Waals surface area contributed by atoms with E-state index < -0.39 is 0 Å². The number of hydrogen-bond acceptors (Lipinski definition) is 2. The van der Waals surface area contributed by atoms with Gasteiger partial charge in [0.15, 0.2) is 0 Å². The van der Waals surface area contributed by atoms with E-state index in [-0.39, 0.29) is 19.8 Å². The van der Waals surface area contributed by atoms with Crippen LogP contribution in [0, 0.1) is 27.7 Å². The minimum Gasteiger partial charge on any atom is -0.657 e. The molecule has 5 heteroatoms. The van der Waals surface area contributed by atoms with Gasteiger partial charge in [-0.25, -0.2) is 9.97 Å². The van der Waals surface area contributed by atoms with Crippen LogP contribution in [0.1, 0.15) is 45.0 Å². The second-order valence-corrected chi connectivity index (χ2v) is 13.8. The van der Waals surface area contributed by atoms with Gasteiger partial charge in [0.05, 0.1) is 22.8 Å². The Morgan fingerprint density at radius 3 is 0.717 bits per heavy atom. The van der Waals surface area contributed by atoms with Crippen LogP contribution in [-0.4, -0.2) is 9.97 Å². The summed E-state index contributed by atoms with van der Waals surface area (Å²) < 4.78 is 0. The average Bonchev–Trinajstić information content (AvgIpc) is 3.99. The van der Waals surface area contributed by atoms with Crippen molar-refractivity contribution >= 4 is 46.4 Å². The van der Waals surface area contributed by atoms with Gasteiger partial charge in [-0.2, -0.15) is 0 Å². The van der Waals surface area contributed by atoms with Gasteiger partial charge in [0.25, 0.3) is 0 Å². The van der Waals surface area contributed by atoms with Crippen molar-refractivity contribution < 1.29 is 19.8 Å². The number of rotatable bonds is 4.